The molecule has 0 spiro atoms. The highest BCUT2D eigenvalue weighted by Gasteiger charge is 2.41. The zero-order valence-electron chi connectivity index (χ0n) is 11.4. The first-order valence-corrected chi connectivity index (χ1v) is 6.15. The molecule has 1 atom stereocenters. The SMILES string of the molecule is COC1=CC(=O)CCC1(OC)c1ccc(OC)cc1. The van der Waals surface area contributed by atoms with Gasteiger partial charge in [0.15, 0.2) is 5.78 Å². The van der Waals surface area contributed by atoms with E-state index in [-0.39, 0.29) is 5.78 Å². The van der Waals surface area contributed by atoms with Gasteiger partial charge in [-0.25, -0.2) is 0 Å². The molecule has 1 aliphatic carbocycles. The highest BCUT2D eigenvalue weighted by Crippen LogP contribution is 2.41. The molecule has 0 bridgehead atoms. The van der Waals surface area contributed by atoms with E-state index in [2.05, 4.69) is 0 Å². The summed E-state index contributed by atoms with van der Waals surface area (Å²) >= 11 is 0. The van der Waals surface area contributed by atoms with Crippen LogP contribution >= 0.6 is 0 Å². The van der Waals surface area contributed by atoms with Crippen molar-refractivity contribution < 1.29 is 19.0 Å². The average Bonchev–Trinajstić information content (AvgIpc) is 2.47. The van der Waals surface area contributed by atoms with Crippen LogP contribution in [-0.4, -0.2) is 27.1 Å². The third-order valence-corrected chi connectivity index (χ3v) is 3.54. The molecule has 1 aromatic carbocycles. The summed E-state index contributed by atoms with van der Waals surface area (Å²) in [5.74, 6) is 1.40. The molecule has 0 aliphatic heterocycles. The van der Waals surface area contributed by atoms with Crippen molar-refractivity contribution in [3.63, 3.8) is 0 Å². The Labute approximate surface area is 113 Å². The lowest BCUT2D eigenvalue weighted by Gasteiger charge is -2.36. The van der Waals surface area contributed by atoms with Gasteiger partial charge in [-0.3, -0.25) is 4.79 Å². The molecule has 0 aromatic heterocycles. The standard InChI is InChI=1S/C15H18O4/c1-17-13-6-4-11(5-7-13)15(19-3)9-8-12(16)10-14(15)18-2/h4-7,10H,8-9H2,1-3H3. The maximum Gasteiger partial charge on any atom is 0.159 e. The predicted molar refractivity (Wildman–Crippen MR) is 71.0 cm³/mol. The van der Waals surface area contributed by atoms with E-state index in [4.69, 9.17) is 14.2 Å². The number of ketones is 1. The van der Waals surface area contributed by atoms with Crippen LogP contribution < -0.4 is 4.74 Å². The molecule has 0 fully saturated rings. The van der Waals surface area contributed by atoms with Crippen LogP contribution in [0.15, 0.2) is 36.1 Å². The van der Waals surface area contributed by atoms with Crippen molar-refractivity contribution in [2.24, 2.45) is 0 Å². The number of hydrogen-bond donors (Lipinski definition) is 0. The maximum atomic E-state index is 11.5. The van der Waals surface area contributed by atoms with Gasteiger partial charge in [-0.2, -0.15) is 0 Å². The van der Waals surface area contributed by atoms with Crippen LogP contribution in [0.4, 0.5) is 0 Å². The number of methoxy groups -OCH3 is 3. The lowest BCUT2D eigenvalue weighted by atomic mass is 9.82. The molecule has 1 unspecified atom stereocenters. The van der Waals surface area contributed by atoms with Gasteiger partial charge in [0.1, 0.15) is 17.1 Å². The summed E-state index contributed by atoms with van der Waals surface area (Å²) in [4.78, 5) is 11.5. The lowest BCUT2D eigenvalue weighted by molar-refractivity contribution is -0.119. The molecule has 19 heavy (non-hydrogen) atoms. The quantitative estimate of drug-likeness (QED) is 0.836. The average molecular weight is 262 g/mol. The van der Waals surface area contributed by atoms with Crippen LogP contribution in [0, 0.1) is 0 Å². The van der Waals surface area contributed by atoms with Crippen LogP contribution in [0.5, 0.6) is 5.75 Å². The predicted octanol–water partition coefficient (Wildman–Crippen LogP) is 2.43. The topological polar surface area (TPSA) is 44.8 Å². The maximum absolute atomic E-state index is 11.5. The van der Waals surface area contributed by atoms with E-state index in [1.54, 1.807) is 21.3 Å². The summed E-state index contributed by atoms with van der Waals surface area (Å²) in [5.41, 5.74) is 0.269. The van der Waals surface area contributed by atoms with Gasteiger partial charge < -0.3 is 14.2 Å². The van der Waals surface area contributed by atoms with Crippen LogP contribution in [0.3, 0.4) is 0 Å². The molecule has 0 saturated carbocycles. The van der Waals surface area contributed by atoms with E-state index in [1.807, 2.05) is 24.3 Å². The fourth-order valence-electron chi connectivity index (χ4n) is 2.45. The Hall–Kier alpha value is -1.81. The molecule has 2 rings (SSSR count). The number of hydrogen-bond acceptors (Lipinski definition) is 4. The molecular formula is C15H18O4. The van der Waals surface area contributed by atoms with Crippen molar-refractivity contribution in [1.82, 2.24) is 0 Å². The van der Waals surface area contributed by atoms with Gasteiger partial charge in [-0.15, -0.1) is 0 Å². The van der Waals surface area contributed by atoms with Gasteiger partial charge in [0.2, 0.25) is 0 Å². The highest BCUT2D eigenvalue weighted by atomic mass is 16.5. The minimum Gasteiger partial charge on any atom is -0.498 e. The first kappa shape index (κ1) is 13.6. The number of rotatable bonds is 4. The zero-order valence-corrected chi connectivity index (χ0v) is 11.4. The minimum absolute atomic E-state index is 0.0676. The monoisotopic (exact) mass is 262 g/mol. The Balaban J connectivity index is 2.46. The van der Waals surface area contributed by atoms with Crippen LogP contribution in [0.2, 0.25) is 0 Å². The van der Waals surface area contributed by atoms with E-state index >= 15 is 0 Å². The summed E-state index contributed by atoms with van der Waals surface area (Å²) in [6, 6.07) is 7.62. The fraction of sp³-hybridized carbons (Fsp3) is 0.400. The molecule has 1 aromatic rings. The molecule has 0 N–H and O–H groups in total. The van der Waals surface area contributed by atoms with Crippen molar-refractivity contribution >= 4 is 5.78 Å². The normalized spacial score (nSPS) is 22.9. The second kappa shape index (κ2) is 5.45. The Morgan fingerprint density at radius 1 is 1.05 bits per heavy atom. The Bertz CT molecular complexity index is 489. The summed E-state index contributed by atoms with van der Waals surface area (Å²) < 4.78 is 16.2. The first-order valence-electron chi connectivity index (χ1n) is 6.15. The molecule has 1 aliphatic rings. The summed E-state index contributed by atoms with van der Waals surface area (Å²) in [7, 11) is 4.81. The van der Waals surface area contributed by atoms with Crippen molar-refractivity contribution in [1.29, 1.82) is 0 Å². The number of benzene rings is 1. The minimum atomic E-state index is -0.686. The van der Waals surface area contributed by atoms with Gasteiger partial charge in [0, 0.05) is 19.6 Å². The van der Waals surface area contributed by atoms with Gasteiger partial charge in [-0.1, -0.05) is 12.1 Å². The first-order chi connectivity index (χ1) is 9.16. The molecule has 0 saturated heterocycles. The molecule has 4 heteroatoms. The summed E-state index contributed by atoms with van der Waals surface area (Å²) in [6.07, 6.45) is 2.55. The summed E-state index contributed by atoms with van der Waals surface area (Å²) in [6.45, 7) is 0. The second-order valence-electron chi connectivity index (χ2n) is 4.44. The van der Waals surface area contributed by atoms with E-state index in [0.29, 0.717) is 18.6 Å². The number of allylic oxidation sites excluding steroid dienone is 1. The molecule has 4 nitrogen and oxygen atoms in total. The fourth-order valence-corrected chi connectivity index (χ4v) is 2.45. The Morgan fingerprint density at radius 3 is 2.26 bits per heavy atom. The lowest BCUT2D eigenvalue weighted by Crippen LogP contribution is -2.35. The smallest absolute Gasteiger partial charge is 0.159 e. The van der Waals surface area contributed by atoms with Gasteiger partial charge in [0.25, 0.3) is 0 Å². The molecule has 102 valence electrons. The van der Waals surface area contributed by atoms with Crippen LogP contribution in [0.1, 0.15) is 18.4 Å². The Kier molecular flexibility index (Phi) is 3.90. The van der Waals surface area contributed by atoms with Crippen molar-refractivity contribution in [3.8, 4) is 5.75 Å². The van der Waals surface area contributed by atoms with E-state index < -0.39 is 5.60 Å². The molecular weight excluding hydrogens is 244 g/mol. The second-order valence-corrected chi connectivity index (χ2v) is 4.44. The van der Waals surface area contributed by atoms with Gasteiger partial charge >= 0.3 is 0 Å². The van der Waals surface area contributed by atoms with Crippen molar-refractivity contribution in [2.75, 3.05) is 21.3 Å². The van der Waals surface area contributed by atoms with Crippen LogP contribution in [-0.2, 0) is 19.9 Å². The van der Waals surface area contributed by atoms with E-state index in [0.717, 1.165) is 11.3 Å². The number of ether oxygens (including phenoxy) is 3. The van der Waals surface area contributed by atoms with Crippen LogP contribution in [0.25, 0.3) is 0 Å². The van der Waals surface area contributed by atoms with Gasteiger partial charge in [0.05, 0.1) is 14.2 Å². The largest absolute Gasteiger partial charge is 0.498 e. The molecule has 0 heterocycles. The van der Waals surface area contributed by atoms with Crippen molar-refractivity contribution in [2.45, 2.75) is 18.4 Å². The van der Waals surface area contributed by atoms with E-state index in [1.165, 1.54) is 6.08 Å². The zero-order chi connectivity index (χ0) is 13.9. The molecule has 0 radical (unpaired) electrons. The number of carbonyl (C=O) groups excluding carboxylic acids is 1. The Morgan fingerprint density at radius 2 is 1.74 bits per heavy atom. The third-order valence-electron chi connectivity index (χ3n) is 3.54. The number of carbonyl (C=O) groups is 1. The third kappa shape index (κ3) is 2.36. The molecule has 0 amide bonds. The van der Waals surface area contributed by atoms with Crippen molar-refractivity contribution in [3.05, 3.63) is 41.7 Å². The van der Waals surface area contributed by atoms with Gasteiger partial charge in [-0.05, 0) is 24.1 Å². The van der Waals surface area contributed by atoms with E-state index in [9.17, 15) is 4.79 Å². The summed E-state index contributed by atoms with van der Waals surface area (Å²) in [5, 5.41) is 0. The highest BCUT2D eigenvalue weighted by molar-refractivity contribution is 5.91.